The van der Waals surface area contributed by atoms with Gasteiger partial charge in [0.1, 0.15) is 0 Å². The molecule has 0 atom stereocenters. The van der Waals surface area contributed by atoms with Crippen molar-refractivity contribution in [2.24, 2.45) is 0 Å². The third-order valence-corrected chi connectivity index (χ3v) is 3.76. The van der Waals surface area contributed by atoms with Crippen LogP contribution in [0.15, 0.2) is 48.8 Å². The number of anilines is 2. The predicted molar refractivity (Wildman–Crippen MR) is 88.8 cm³/mol. The summed E-state index contributed by atoms with van der Waals surface area (Å²) in [5.41, 5.74) is 4.02. The zero-order chi connectivity index (χ0) is 15.7. The van der Waals surface area contributed by atoms with Gasteiger partial charge in [-0.25, -0.2) is 4.79 Å². The quantitative estimate of drug-likeness (QED) is 0.789. The van der Waals surface area contributed by atoms with Crippen LogP contribution in [0.25, 0.3) is 10.9 Å². The number of carbonyl (C=O) groups is 1. The van der Waals surface area contributed by atoms with Crippen molar-refractivity contribution in [1.29, 1.82) is 0 Å². The van der Waals surface area contributed by atoms with E-state index in [1.807, 2.05) is 50.5 Å². The Kier molecular flexibility index (Phi) is 3.55. The first kappa shape index (κ1) is 14.1. The van der Waals surface area contributed by atoms with Gasteiger partial charge >= 0.3 is 6.03 Å². The molecule has 0 saturated heterocycles. The fourth-order valence-corrected chi connectivity index (χ4v) is 2.52. The highest BCUT2D eigenvalue weighted by molar-refractivity contribution is 5.93. The molecule has 2 heterocycles. The summed E-state index contributed by atoms with van der Waals surface area (Å²) in [6.45, 7) is 1.98. The molecule has 2 aromatic heterocycles. The lowest BCUT2D eigenvalue weighted by Crippen LogP contribution is -2.23. The zero-order valence-corrected chi connectivity index (χ0v) is 12.9. The Morgan fingerprint density at radius 1 is 1.18 bits per heavy atom. The molecule has 5 heteroatoms. The molecule has 3 rings (SSSR count). The van der Waals surface area contributed by atoms with Gasteiger partial charge < -0.3 is 10.2 Å². The average Bonchev–Trinajstić information content (AvgIpc) is 2.96. The number of carbonyl (C=O) groups excluding carboxylic acids is 1. The van der Waals surface area contributed by atoms with E-state index in [0.717, 1.165) is 28.0 Å². The predicted octanol–water partition coefficient (Wildman–Crippen LogP) is 3.30. The largest absolute Gasteiger partial charge is 0.345 e. The Morgan fingerprint density at radius 2 is 1.95 bits per heavy atom. The van der Waals surface area contributed by atoms with Crippen LogP contribution >= 0.6 is 0 Å². The number of rotatable bonds is 2. The molecule has 0 spiro atoms. The van der Waals surface area contributed by atoms with E-state index in [0.29, 0.717) is 0 Å². The van der Waals surface area contributed by atoms with Crippen molar-refractivity contribution in [3.8, 4) is 0 Å². The molecule has 1 N–H and O–H groups in total. The average molecular weight is 294 g/mol. The van der Waals surface area contributed by atoms with Gasteiger partial charge in [0.05, 0.1) is 5.52 Å². The molecule has 112 valence electrons. The first-order valence-corrected chi connectivity index (χ1v) is 7.10. The number of hydrogen-bond donors (Lipinski definition) is 1. The number of benzene rings is 1. The Morgan fingerprint density at radius 3 is 2.68 bits per heavy atom. The van der Waals surface area contributed by atoms with Crippen LogP contribution < -0.4 is 10.2 Å². The SMILES string of the molecule is CNC(=O)n1ccc2cc(N(C)c3ccnc(C)c3)ccc21. The van der Waals surface area contributed by atoms with E-state index in [-0.39, 0.29) is 6.03 Å². The highest BCUT2D eigenvalue weighted by atomic mass is 16.2. The van der Waals surface area contributed by atoms with Gasteiger partial charge in [-0.3, -0.25) is 9.55 Å². The van der Waals surface area contributed by atoms with Crippen LogP contribution in [0, 0.1) is 6.92 Å². The van der Waals surface area contributed by atoms with Crippen LogP contribution in [0.4, 0.5) is 16.2 Å². The van der Waals surface area contributed by atoms with Crippen LogP contribution in [-0.2, 0) is 0 Å². The van der Waals surface area contributed by atoms with Crippen molar-refractivity contribution in [3.63, 3.8) is 0 Å². The molecule has 0 aliphatic heterocycles. The molecule has 0 radical (unpaired) electrons. The lowest BCUT2D eigenvalue weighted by atomic mass is 10.2. The molecule has 22 heavy (non-hydrogen) atoms. The van der Waals surface area contributed by atoms with Gasteiger partial charge in [-0.05, 0) is 43.3 Å². The molecule has 0 fully saturated rings. The van der Waals surface area contributed by atoms with E-state index in [4.69, 9.17) is 0 Å². The lowest BCUT2D eigenvalue weighted by molar-refractivity contribution is 0.245. The van der Waals surface area contributed by atoms with Gasteiger partial charge in [-0.15, -0.1) is 0 Å². The molecule has 0 saturated carbocycles. The highest BCUT2D eigenvalue weighted by Crippen LogP contribution is 2.27. The zero-order valence-electron chi connectivity index (χ0n) is 12.9. The van der Waals surface area contributed by atoms with Crippen molar-refractivity contribution < 1.29 is 4.79 Å². The maximum absolute atomic E-state index is 11.8. The summed E-state index contributed by atoms with van der Waals surface area (Å²) in [5.74, 6) is 0. The summed E-state index contributed by atoms with van der Waals surface area (Å²) in [6, 6.07) is 11.9. The number of amides is 1. The number of aromatic nitrogens is 2. The summed E-state index contributed by atoms with van der Waals surface area (Å²) in [5, 5.41) is 3.66. The van der Waals surface area contributed by atoms with Crippen molar-refractivity contribution in [2.75, 3.05) is 19.0 Å². The number of fused-ring (bicyclic) bond motifs is 1. The van der Waals surface area contributed by atoms with Gasteiger partial charge in [-0.2, -0.15) is 0 Å². The van der Waals surface area contributed by atoms with Crippen molar-refractivity contribution in [2.45, 2.75) is 6.92 Å². The fourth-order valence-electron chi connectivity index (χ4n) is 2.52. The van der Waals surface area contributed by atoms with Crippen LogP contribution in [0.2, 0.25) is 0 Å². The van der Waals surface area contributed by atoms with Gasteiger partial charge in [0.15, 0.2) is 0 Å². The summed E-state index contributed by atoms with van der Waals surface area (Å²) in [4.78, 5) is 18.1. The molecule has 0 aliphatic carbocycles. The third kappa shape index (κ3) is 2.41. The van der Waals surface area contributed by atoms with Gasteiger partial charge in [0.2, 0.25) is 0 Å². The Bertz CT molecular complexity index is 838. The Balaban J connectivity index is 2.00. The maximum atomic E-state index is 11.8. The summed E-state index contributed by atoms with van der Waals surface area (Å²) in [6.07, 6.45) is 3.59. The van der Waals surface area contributed by atoms with E-state index >= 15 is 0 Å². The summed E-state index contributed by atoms with van der Waals surface area (Å²) >= 11 is 0. The Hall–Kier alpha value is -2.82. The minimum absolute atomic E-state index is 0.138. The molecule has 0 unspecified atom stereocenters. The second-order valence-corrected chi connectivity index (χ2v) is 5.20. The van der Waals surface area contributed by atoms with Crippen molar-refractivity contribution >= 4 is 28.3 Å². The number of hydrogen-bond acceptors (Lipinski definition) is 3. The van der Waals surface area contributed by atoms with Crippen LogP contribution in [0.5, 0.6) is 0 Å². The second kappa shape index (κ2) is 5.52. The number of nitrogens with one attached hydrogen (secondary N) is 1. The van der Waals surface area contributed by atoms with E-state index < -0.39 is 0 Å². The van der Waals surface area contributed by atoms with Gasteiger partial charge in [0, 0.05) is 48.9 Å². The van der Waals surface area contributed by atoms with Crippen LogP contribution in [-0.4, -0.2) is 29.7 Å². The Labute approximate surface area is 129 Å². The molecular weight excluding hydrogens is 276 g/mol. The molecular formula is C17H18N4O. The molecule has 0 bridgehead atoms. The van der Waals surface area contributed by atoms with Gasteiger partial charge in [-0.1, -0.05) is 0 Å². The minimum Gasteiger partial charge on any atom is -0.345 e. The van der Waals surface area contributed by atoms with Crippen LogP contribution in [0.1, 0.15) is 5.69 Å². The molecule has 3 aromatic rings. The third-order valence-electron chi connectivity index (χ3n) is 3.76. The topological polar surface area (TPSA) is 50.2 Å². The minimum atomic E-state index is -0.138. The molecule has 1 amide bonds. The van der Waals surface area contributed by atoms with E-state index in [1.165, 1.54) is 0 Å². The fraction of sp³-hybridized carbons (Fsp3) is 0.176. The second-order valence-electron chi connectivity index (χ2n) is 5.20. The van der Waals surface area contributed by atoms with E-state index in [1.54, 1.807) is 17.8 Å². The molecule has 1 aromatic carbocycles. The van der Waals surface area contributed by atoms with Crippen molar-refractivity contribution in [1.82, 2.24) is 14.9 Å². The maximum Gasteiger partial charge on any atom is 0.325 e. The number of nitrogens with zero attached hydrogens (tertiary/aromatic N) is 3. The number of aryl methyl sites for hydroxylation is 1. The first-order chi connectivity index (χ1) is 10.6. The summed E-state index contributed by atoms with van der Waals surface area (Å²) in [7, 11) is 3.65. The first-order valence-electron chi connectivity index (χ1n) is 7.10. The molecule has 5 nitrogen and oxygen atoms in total. The lowest BCUT2D eigenvalue weighted by Gasteiger charge is -2.20. The summed E-state index contributed by atoms with van der Waals surface area (Å²) < 4.78 is 1.61. The van der Waals surface area contributed by atoms with Crippen molar-refractivity contribution in [3.05, 3.63) is 54.5 Å². The van der Waals surface area contributed by atoms with E-state index in [9.17, 15) is 4.79 Å². The standard InChI is InChI=1S/C17H18N4O/c1-12-10-15(6-8-19-12)20(3)14-4-5-16-13(11-14)7-9-21(16)17(22)18-2/h4-11H,1-3H3,(H,18,22). The number of pyridine rings is 1. The van der Waals surface area contributed by atoms with Gasteiger partial charge in [0.25, 0.3) is 0 Å². The highest BCUT2D eigenvalue weighted by Gasteiger charge is 2.10. The smallest absolute Gasteiger partial charge is 0.325 e. The van der Waals surface area contributed by atoms with Crippen LogP contribution in [0.3, 0.4) is 0 Å². The normalized spacial score (nSPS) is 10.7. The molecule has 0 aliphatic rings. The van der Waals surface area contributed by atoms with E-state index in [2.05, 4.69) is 21.3 Å². The monoisotopic (exact) mass is 294 g/mol.